The summed E-state index contributed by atoms with van der Waals surface area (Å²) in [4.78, 5) is 14.8. The van der Waals surface area contributed by atoms with Crippen LogP contribution in [0.3, 0.4) is 0 Å². The highest BCUT2D eigenvalue weighted by Crippen LogP contribution is 2.25. The summed E-state index contributed by atoms with van der Waals surface area (Å²) in [6.45, 7) is 5.24. The van der Waals surface area contributed by atoms with Crippen LogP contribution < -0.4 is 5.32 Å². The van der Waals surface area contributed by atoms with Crippen molar-refractivity contribution in [3.05, 3.63) is 29.8 Å². The molecule has 0 saturated heterocycles. The summed E-state index contributed by atoms with van der Waals surface area (Å²) < 4.78 is 0. The van der Waals surface area contributed by atoms with Gasteiger partial charge in [-0.3, -0.25) is 9.69 Å². The molecule has 1 aromatic carbocycles. The zero-order valence-corrected chi connectivity index (χ0v) is 15.7. The number of hydrogen-bond donors (Lipinski definition) is 1. The number of carbonyl (C=O) groups excluding carboxylic acids is 1. The molecule has 0 aliphatic heterocycles. The average molecular weight is 331 g/mol. The molecule has 1 N–H and O–H groups in total. The van der Waals surface area contributed by atoms with Gasteiger partial charge in [0.25, 0.3) is 0 Å². The molecule has 0 radical (unpaired) electrons. The van der Waals surface area contributed by atoms with Gasteiger partial charge in [-0.2, -0.15) is 0 Å². The van der Waals surface area contributed by atoms with Crippen molar-refractivity contribution in [3.63, 3.8) is 0 Å². The fourth-order valence-corrected chi connectivity index (χ4v) is 3.81. The molecule has 1 amide bonds. The molecule has 2 rings (SSSR count). The first kappa shape index (κ1) is 19.0. The Morgan fingerprint density at radius 3 is 2.67 bits per heavy atom. The Labute approximate surface area is 147 Å². The first-order chi connectivity index (χ1) is 11.6. The second kappa shape index (κ2) is 9.83. The number of rotatable bonds is 8. The topological polar surface area (TPSA) is 32.3 Å². The van der Waals surface area contributed by atoms with Gasteiger partial charge in [0, 0.05) is 24.7 Å². The molecule has 134 valence electrons. The first-order valence-corrected chi connectivity index (χ1v) is 9.68. The Kier molecular flexibility index (Phi) is 7.77. The van der Waals surface area contributed by atoms with Crippen LogP contribution in [0.1, 0.15) is 70.8 Å². The Bertz CT molecular complexity index is 508. The van der Waals surface area contributed by atoms with Crippen LogP contribution in [-0.2, 0) is 11.3 Å². The van der Waals surface area contributed by atoms with E-state index in [1.165, 1.54) is 37.7 Å². The standard InChI is InChI=1S/C21H34N2O/c1-4-10-17(2)15-21(24)22-20-14-9-8-11-18(20)16-23(3)19-12-6-5-7-13-19/h8-9,11,14,17,19H,4-7,10,12-13,15-16H2,1-3H3,(H,22,24). The predicted octanol–water partition coefficient (Wildman–Crippen LogP) is 5.22. The van der Waals surface area contributed by atoms with Crippen LogP contribution in [0.25, 0.3) is 0 Å². The molecular formula is C21H34N2O. The molecule has 1 saturated carbocycles. The Morgan fingerprint density at radius 2 is 1.96 bits per heavy atom. The van der Waals surface area contributed by atoms with E-state index in [9.17, 15) is 4.79 Å². The van der Waals surface area contributed by atoms with Crippen molar-refractivity contribution in [2.45, 2.75) is 77.8 Å². The van der Waals surface area contributed by atoms with Gasteiger partial charge in [-0.25, -0.2) is 0 Å². The van der Waals surface area contributed by atoms with Gasteiger partial charge >= 0.3 is 0 Å². The smallest absolute Gasteiger partial charge is 0.224 e. The second-order valence-electron chi connectivity index (χ2n) is 7.51. The van der Waals surface area contributed by atoms with Crippen molar-refractivity contribution in [3.8, 4) is 0 Å². The summed E-state index contributed by atoms with van der Waals surface area (Å²) >= 11 is 0. The van der Waals surface area contributed by atoms with Gasteiger partial charge in [-0.1, -0.05) is 64.2 Å². The van der Waals surface area contributed by atoms with Crippen molar-refractivity contribution in [1.29, 1.82) is 0 Å². The van der Waals surface area contributed by atoms with Crippen molar-refractivity contribution in [2.75, 3.05) is 12.4 Å². The minimum atomic E-state index is 0.142. The molecule has 1 aliphatic rings. The molecule has 3 heteroatoms. The quantitative estimate of drug-likeness (QED) is 0.709. The zero-order chi connectivity index (χ0) is 17.4. The predicted molar refractivity (Wildman–Crippen MR) is 102 cm³/mol. The van der Waals surface area contributed by atoms with Gasteiger partial charge in [0.05, 0.1) is 0 Å². The Hall–Kier alpha value is -1.35. The van der Waals surface area contributed by atoms with Crippen LogP contribution in [0, 0.1) is 5.92 Å². The average Bonchev–Trinajstić information content (AvgIpc) is 2.57. The normalized spacial score (nSPS) is 17.0. The number of benzene rings is 1. The molecule has 1 fully saturated rings. The second-order valence-corrected chi connectivity index (χ2v) is 7.51. The lowest BCUT2D eigenvalue weighted by atomic mass is 9.94. The molecule has 0 bridgehead atoms. The maximum Gasteiger partial charge on any atom is 0.224 e. The van der Waals surface area contributed by atoms with Crippen LogP contribution in [0.2, 0.25) is 0 Å². The summed E-state index contributed by atoms with van der Waals surface area (Å²) in [6.07, 6.45) is 9.55. The van der Waals surface area contributed by atoms with Crippen LogP contribution in [-0.4, -0.2) is 23.9 Å². The van der Waals surface area contributed by atoms with Crippen LogP contribution in [0.15, 0.2) is 24.3 Å². The highest BCUT2D eigenvalue weighted by atomic mass is 16.1. The van der Waals surface area contributed by atoms with Gasteiger partial charge in [0.15, 0.2) is 0 Å². The summed E-state index contributed by atoms with van der Waals surface area (Å²) in [5.74, 6) is 0.593. The molecule has 1 atom stereocenters. The van der Waals surface area contributed by atoms with E-state index >= 15 is 0 Å². The van der Waals surface area contributed by atoms with Crippen LogP contribution in [0.4, 0.5) is 5.69 Å². The summed E-state index contributed by atoms with van der Waals surface area (Å²) in [5, 5.41) is 3.14. The minimum absolute atomic E-state index is 0.142. The van der Waals surface area contributed by atoms with E-state index in [-0.39, 0.29) is 5.91 Å². The molecule has 0 aromatic heterocycles. The van der Waals surface area contributed by atoms with Crippen molar-refractivity contribution >= 4 is 11.6 Å². The molecule has 1 aliphatic carbocycles. The number of nitrogens with zero attached hydrogens (tertiary/aromatic N) is 1. The summed E-state index contributed by atoms with van der Waals surface area (Å²) in [6, 6.07) is 8.94. The van der Waals surface area contributed by atoms with E-state index in [1.54, 1.807) is 0 Å². The molecule has 3 nitrogen and oxygen atoms in total. The van der Waals surface area contributed by atoms with Crippen molar-refractivity contribution < 1.29 is 4.79 Å². The number of nitrogens with one attached hydrogen (secondary N) is 1. The molecular weight excluding hydrogens is 296 g/mol. The van der Waals surface area contributed by atoms with Crippen LogP contribution >= 0.6 is 0 Å². The van der Waals surface area contributed by atoms with E-state index in [0.29, 0.717) is 18.4 Å². The maximum absolute atomic E-state index is 12.3. The summed E-state index contributed by atoms with van der Waals surface area (Å²) in [5.41, 5.74) is 2.20. The monoisotopic (exact) mass is 330 g/mol. The van der Waals surface area contributed by atoms with Gasteiger partial charge in [0.1, 0.15) is 0 Å². The van der Waals surface area contributed by atoms with Gasteiger partial charge in [-0.05, 0) is 37.4 Å². The number of hydrogen-bond acceptors (Lipinski definition) is 2. The van der Waals surface area contributed by atoms with Gasteiger partial charge in [-0.15, -0.1) is 0 Å². The molecule has 0 spiro atoms. The van der Waals surface area contributed by atoms with Crippen molar-refractivity contribution in [2.24, 2.45) is 5.92 Å². The van der Waals surface area contributed by atoms with Gasteiger partial charge in [0.2, 0.25) is 5.91 Å². The van der Waals surface area contributed by atoms with E-state index in [1.807, 2.05) is 12.1 Å². The number of carbonyl (C=O) groups is 1. The highest BCUT2D eigenvalue weighted by molar-refractivity contribution is 5.91. The number of amides is 1. The Balaban J connectivity index is 1.95. The lowest BCUT2D eigenvalue weighted by molar-refractivity contribution is -0.117. The molecule has 1 unspecified atom stereocenters. The Morgan fingerprint density at radius 1 is 1.25 bits per heavy atom. The minimum Gasteiger partial charge on any atom is -0.326 e. The fourth-order valence-electron chi connectivity index (χ4n) is 3.81. The maximum atomic E-state index is 12.3. The SMILES string of the molecule is CCCC(C)CC(=O)Nc1ccccc1CN(C)C1CCCCC1. The fraction of sp³-hybridized carbons (Fsp3) is 0.667. The number of para-hydroxylation sites is 1. The van der Waals surface area contributed by atoms with Gasteiger partial charge < -0.3 is 5.32 Å². The van der Waals surface area contributed by atoms with E-state index in [2.05, 4.69) is 43.2 Å². The molecule has 0 heterocycles. The van der Waals surface area contributed by atoms with E-state index in [0.717, 1.165) is 25.1 Å². The third-order valence-electron chi connectivity index (χ3n) is 5.22. The number of anilines is 1. The lowest BCUT2D eigenvalue weighted by Crippen LogP contribution is -2.33. The molecule has 24 heavy (non-hydrogen) atoms. The van der Waals surface area contributed by atoms with E-state index < -0.39 is 0 Å². The zero-order valence-electron chi connectivity index (χ0n) is 15.7. The largest absolute Gasteiger partial charge is 0.326 e. The van der Waals surface area contributed by atoms with Crippen LogP contribution in [0.5, 0.6) is 0 Å². The lowest BCUT2D eigenvalue weighted by Gasteiger charge is -2.31. The van der Waals surface area contributed by atoms with E-state index in [4.69, 9.17) is 0 Å². The first-order valence-electron chi connectivity index (χ1n) is 9.68. The third-order valence-corrected chi connectivity index (χ3v) is 5.22. The summed E-state index contributed by atoms with van der Waals surface area (Å²) in [7, 11) is 2.22. The third kappa shape index (κ3) is 5.94. The molecule has 1 aromatic rings. The highest BCUT2D eigenvalue weighted by Gasteiger charge is 2.19. The van der Waals surface area contributed by atoms with Crippen molar-refractivity contribution in [1.82, 2.24) is 4.90 Å².